The molecular weight excluding hydrogens is 405 g/mol. The Morgan fingerprint density at radius 3 is 0.444 bits per heavy atom. The maximum Gasteiger partial charge on any atom is 2.00 e. The Kier molecular flexibility index (Phi) is 7690. The van der Waals surface area contributed by atoms with Gasteiger partial charge in [-0.1, -0.05) is 0 Å². The van der Waals surface area contributed by atoms with Gasteiger partial charge in [0, 0.05) is 37.1 Å². The molecule has 0 aromatic heterocycles. The van der Waals surface area contributed by atoms with E-state index in [1.165, 1.54) is 0 Å². The molecule has 10 N–H and O–H groups in total. The van der Waals surface area contributed by atoms with E-state index in [4.69, 9.17) is 0 Å². The van der Waals surface area contributed by atoms with Crippen LogP contribution in [-0.2, 0) is 37.1 Å². The molecule has 0 spiro atoms. The standard InChI is InChI=1S/6H2O.Pb.2V/h6*1H2;;;/q;;;;;;+2;;/p-2. The van der Waals surface area contributed by atoms with Crippen LogP contribution in [0.15, 0.2) is 0 Å². The molecule has 60 valence electrons. The van der Waals surface area contributed by atoms with Crippen LogP contribution in [-0.4, -0.2) is 60.2 Å². The van der Waals surface area contributed by atoms with Gasteiger partial charge in [-0.25, -0.2) is 0 Å². The first-order valence-electron chi connectivity index (χ1n) is 0. The van der Waals surface area contributed by atoms with Crippen LogP contribution in [0.3, 0.4) is 0 Å². The van der Waals surface area contributed by atoms with E-state index in [9.17, 15) is 0 Å². The summed E-state index contributed by atoms with van der Waals surface area (Å²) in [6.07, 6.45) is 0. The monoisotopic (exact) mass is 416 g/mol. The van der Waals surface area contributed by atoms with Gasteiger partial charge < -0.3 is 32.9 Å². The number of hydrogen-bond donors (Lipinski definition) is 0. The summed E-state index contributed by atoms with van der Waals surface area (Å²) in [7, 11) is 0. The number of rotatable bonds is 0. The van der Waals surface area contributed by atoms with E-state index in [0.29, 0.717) is 0 Å². The van der Waals surface area contributed by atoms with Crippen molar-refractivity contribution in [3.63, 3.8) is 0 Å². The summed E-state index contributed by atoms with van der Waals surface area (Å²) in [6.45, 7) is 0. The van der Waals surface area contributed by atoms with Gasteiger partial charge in [0.15, 0.2) is 0 Å². The SMILES string of the molecule is O.O.O.O.[OH-].[OH-].[Pb+2].[V].[V]. The smallest absolute Gasteiger partial charge is 0.870 e. The molecule has 0 saturated carbocycles. The third kappa shape index (κ3) is 177. The van der Waals surface area contributed by atoms with E-state index in [2.05, 4.69) is 0 Å². The average molecular weight is 415 g/mol. The molecule has 9 heteroatoms. The molecule has 0 fully saturated rings. The fourth-order valence-corrected chi connectivity index (χ4v) is 0. The maximum atomic E-state index is 0. The first-order chi connectivity index (χ1) is 0. The molecule has 0 aliphatic heterocycles. The molecule has 0 amide bonds. The van der Waals surface area contributed by atoms with Gasteiger partial charge in [0.1, 0.15) is 0 Å². The van der Waals surface area contributed by atoms with Gasteiger partial charge in [-0.05, 0) is 0 Å². The molecule has 0 aliphatic rings. The minimum Gasteiger partial charge on any atom is -0.870 e. The third-order valence-corrected chi connectivity index (χ3v) is 0. The van der Waals surface area contributed by atoms with Crippen LogP contribution in [0.4, 0.5) is 0 Å². The Hall–Kier alpha value is 1.85. The fourth-order valence-electron chi connectivity index (χ4n) is 0. The zero-order chi connectivity index (χ0) is 0. The average Bonchev–Trinajstić information content (AvgIpc) is 0. The Morgan fingerprint density at radius 1 is 0.444 bits per heavy atom. The second-order valence-electron chi connectivity index (χ2n) is 0. The van der Waals surface area contributed by atoms with Crippen molar-refractivity contribution in [3.05, 3.63) is 0 Å². The predicted molar refractivity (Wildman–Crippen MR) is 24.1 cm³/mol. The zero-order valence-corrected chi connectivity index (χ0v) is 11.0. The van der Waals surface area contributed by atoms with Gasteiger partial charge >= 0.3 is 27.3 Å². The van der Waals surface area contributed by atoms with Crippen molar-refractivity contribution in [2.24, 2.45) is 0 Å². The van der Waals surface area contributed by atoms with Gasteiger partial charge in [-0.15, -0.1) is 0 Å². The summed E-state index contributed by atoms with van der Waals surface area (Å²) in [4.78, 5) is 0. The van der Waals surface area contributed by atoms with Crippen LogP contribution in [0.2, 0.25) is 0 Å². The minimum absolute atomic E-state index is 0. The second-order valence-corrected chi connectivity index (χ2v) is 0. The molecule has 0 unspecified atom stereocenters. The van der Waals surface area contributed by atoms with Crippen molar-refractivity contribution in [1.29, 1.82) is 0 Å². The van der Waals surface area contributed by atoms with E-state index in [0.717, 1.165) is 0 Å². The van der Waals surface area contributed by atoms with E-state index >= 15 is 0 Å². The Balaban J connectivity index is 0. The molecular formula is H10O6PbV2. The van der Waals surface area contributed by atoms with Gasteiger partial charge in [-0.2, -0.15) is 0 Å². The van der Waals surface area contributed by atoms with E-state index in [1.54, 1.807) is 0 Å². The van der Waals surface area contributed by atoms with Gasteiger partial charge in [-0.3, -0.25) is 0 Å². The van der Waals surface area contributed by atoms with Crippen molar-refractivity contribution in [1.82, 2.24) is 0 Å². The molecule has 0 heterocycles. The first-order valence-corrected chi connectivity index (χ1v) is 0. The molecule has 6 nitrogen and oxygen atoms in total. The quantitative estimate of drug-likeness (QED) is 0.365. The zero-order valence-electron chi connectivity index (χ0n) is 4.29. The van der Waals surface area contributed by atoms with E-state index in [-0.39, 0.29) is 97.3 Å². The van der Waals surface area contributed by atoms with Crippen molar-refractivity contribution in [3.8, 4) is 0 Å². The number of hydrogen-bond acceptors (Lipinski definition) is 2. The van der Waals surface area contributed by atoms with Crippen molar-refractivity contribution in [2.75, 3.05) is 0 Å². The minimum atomic E-state index is 0. The molecule has 0 rings (SSSR count). The molecule has 0 aromatic rings. The summed E-state index contributed by atoms with van der Waals surface area (Å²) in [5.41, 5.74) is 0. The molecule has 4 radical (unpaired) electrons. The molecule has 0 atom stereocenters. The Labute approximate surface area is 96.6 Å². The van der Waals surface area contributed by atoms with Crippen LogP contribution < -0.4 is 0 Å². The normalized spacial score (nSPS) is 0. The molecule has 0 saturated heterocycles. The van der Waals surface area contributed by atoms with Gasteiger partial charge in [0.05, 0.1) is 0 Å². The summed E-state index contributed by atoms with van der Waals surface area (Å²) in [5.74, 6) is 0. The molecule has 0 aliphatic carbocycles. The van der Waals surface area contributed by atoms with Crippen molar-refractivity contribution < 1.29 is 70.0 Å². The first kappa shape index (κ1) is 307. The summed E-state index contributed by atoms with van der Waals surface area (Å²) < 4.78 is 0. The Bertz CT molecular complexity index is 11.0. The van der Waals surface area contributed by atoms with Gasteiger partial charge in [0.25, 0.3) is 0 Å². The van der Waals surface area contributed by atoms with Gasteiger partial charge in [0.2, 0.25) is 0 Å². The summed E-state index contributed by atoms with van der Waals surface area (Å²) in [5, 5.41) is 0. The van der Waals surface area contributed by atoms with Crippen molar-refractivity contribution in [2.45, 2.75) is 0 Å². The van der Waals surface area contributed by atoms with E-state index in [1.807, 2.05) is 0 Å². The second kappa shape index (κ2) is 225. The van der Waals surface area contributed by atoms with Crippen LogP contribution in [0.25, 0.3) is 0 Å². The van der Waals surface area contributed by atoms with Crippen molar-refractivity contribution >= 4 is 27.3 Å². The topological polar surface area (TPSA) is 186 Å². The summed E-state index contributed by atoms with van der Waals surface area (Å²) >= 11 is 0. The third-order valence-electron chi connectivity index (χ3n) is 0. The van der Waals surface area contributed by atoms with Crippen LogP contribution in [0.1, 0.15) is 0 Å². The summed E-state index contributed by atoms with van der Waals surface area (Å²) in [6, 6.07) is 0. The Morgan fingerprint density at radius 2 is 0.444 bits per heavy atom. The largest absolute Gasteiger partial charge is 2.00 e. The molecule has 0 bridgehead atoms. The fraction of sp³-hybridized carbons (Fsp3) is 0. The maximum absolute atomic E-state index is 0. The van der Waals surface area contributed by atoms with Crippen LogP contribution in [0, 0.1) is 0 Å². The molecule has 0 aromatic carbocycles. The van der Waals surface area contributed by atoms with Crippen LogP contribution in [0.5, 0.6) is 0 Å². The van der Waals surface area contributed by atoms with Crippen LogP contribution >= 0.6 is 0 Å². The predicted octanol–water partition coefficient (Wildman–Crippen LogP) is -4.04. The van der Waals surface area contributed by atoms with E-state index < -0.39 is 0 Å². The molecule has 9 heavy (non-hydrogen) atoms.